The number of carboxylic acid groups (broad SMARTS) is 1. The van der Waals surface area contributed by atoms with E-state index in [1.165, 1.54) is 35.9 Å². The number of hydrogen-bond acceptors (Lipinski definition) is 5. The summed E-state index contributed by atoms with van der Waals surface area (Å²) in [7, 11) is -3.68. The number of nitrogens with one attached hydrogen (secondary N) is 1. The van der Waals surface area contributed by atoms with Crippen LogP contribution in [0.2, 0.25) is 0 Å². The molecule has 0 spiro atoms. The maximum absolute atomic E-state index is 12.1. The van der Waals surface area contributed by atoms with Crippen molar-refractivity contribution in [3.8, 4) is 0 Å². The number of nitrogens with zero attached hydrogens (tertiary/aromatic N) is 1. The third-order valence-corrected chi connectivity index (χ3v) is 4.72. The van der Waals surface area contributed by atoms with Crippen LogP contribution in [-0.4, -0.2) is 24.5 Å². The molecule has 0 aromatic carbocycles. The molecule has 21 heavy (non-hydrogen) atoms. The van der Waals surface area contributed by atoms with Crippen LogP contribution in [0.1, 0.15) is 10.4 Å². The fourth-order valence-corrected chi connectivity index (χ4v) is 3.24. The molecule has 0 aliphatic carbocycles. The molecule has 2 aromatic rings. The van der Waals surface area contributed by atoms with Gasteiger partial charge in [-0.05, 0) is 29.2 Å². The highest BCUT2D eigenvalue weighted by atomic mass is 32.2. The number of carboxylic acids is 1. The maximum Gasteiger partial charge on any atom is 0.328 e. The van der Waals surface area contributed by atoms with E-state index in [0.717, 1.165) is 11.0 Å². The third kappa shape index (κ3) is 4.48. The van der Waals surface area contributed by atoms with Gasteiger partial charge in [0.05, 0.1) is 0 Å². The van der Waals surface area contributed by atoms with E-state index < -0.39 is 16.0 Å². The first-order valence-corrected chi connectivity index (χ1v) is 8.22. The highest BCUT2D eigenvalue weighted by molar-refractivity contribution is 7.89. The lowest BCUT2D eigenvalue weighted by Gasteiger charge is -2.05. The van der Waals surface area contributed by atoms with Gasteiger partial charge in [-0.15, -0.1) is 11.3 Å². The third-order valence-electron chi connectivity index (χ3n) is 2.48. The number of aromatic nitrogens is 1. The van der Waals surface area contributed by atoms with Crippen molar-refractivity contribution in [2.75, 3.05) is 0 Å². The molecule has 0 bridgehead atoms. The van der Waals surface area contributed by atoms with E-state index in [0.29, 0.717) is 5.56 Å². The maximum atomic E-state index is 12.1. The van der Waals surface area contributed by atoms with Gasteiger partial charge in [-0.2, -0.15) is 0 Å². The Kier molecular flexibility index (Phi) is 4.84. The van der Waals surface area contributed by atoms with E-state index >= 15 is 0 Å². The van der Waals surface area contributed by atoms with Crippen molar-refractivity contribution in [1.29, 1.82) is 0 Å². The van der Waals surface area contributed by atoms with E-state index in [2.05, 4.69) is 9.71 Å². The van der Waals surface area contributed by atoms with Crippen LogP contribution in [0.5, 0.6) is 0 Å². The zero-order valence-corrected chi connectivity index (χ0v) is 12.4. The van der Waals surface area contributed by atoms with Gasteiger partial charge in [0.2, 0.25) is 10.0 Å². The minimum absolute atomic E-state index is 0.00778. The van der Waals surface area contributed by atoms with Gasteiger partial charge in [0, 0.05) is 29.9 Å². The summed E-state index contributed by atoms with van der Waals surface area (Å²) in [6, 6.07) is 5.04. The summed E-state index contributed by atoms with van der Waals surface area (Å²) in [5, 5.41) is 10.4. The lowest BCUT2D eigenvalue weighted by molar-refractivity contribution is -0.131. The molecule has 0 atom stereocenters. The minimum Gasteiger partial charge on any atom is -0.478 e. The summed E-state index contributed by atoms with van der Waals surface area (Å²) in [5.74, 6) is -1.11. The van der Waals surface area contributed by atoms with Gasteiger partial charge >= 0.3 is 5.97 Å². The summed E-state index contributed by atoms with van der Waals surface area (Å²) in [6.45, 7) is 0.204. The fraction of sp³-hybridized carbons (Fsp3) is 0.0769. The lowest BCUT2D eigenvalue weighted by atomic mass is 10.2. The number of pyridine rings is 1. The molecule has 0 fully saturated rings. The number of aliphatic carboxylic acids is 1. The van der Waals surface area contributed by atoms with Crippen LogP contribution < -0.4 is 4.72 Å². The number of hydrogen-bond donors (Lipinski definition) is 2. The Morgan fingerprint density at radius 3 is 2.90 bits per heavy atom. The average Bonchev–Trinajstić information content (AvgIpc) is 2.97. The van der Waals surface area contributed by atoms with Crippen LogP contribution in [0.25, 0.3) is 6.08 Å². The van der Waals surface area contributed by atoms with Crippen LogP contribution >= 0.6 is 11.3 Å². The number of rotatable bonds is 6. The number of sulfonamides is 1. The molecular weight excluding hydrogens is 312 g/mol. The van der Waals surface area contributed by atoms with Crippen LogP contribution in [0.15, 0.2) is 46.9 Å². The monoisotopic (exact) mass is 324 g/mol. The molecular formula is C13H12N2O4S2. The summed E-state index contributed by atoms with van der Waals surface area (Å²) in [6.07, 6.45) is 4.81. The summed E-state index contributed by atoms with van der Waals surface area (Å²) in [5.41, 5.74) is 0.399. The zero-order valence-electron chi connectivity index (χ0n) is 10.8. The van der Waals surface area contributed by atoms with Crippen molar-refractivity contribution in [2.45, 2.75) is 11.4 Å². The van der Waals surface area contributed by atoms with Crippen LogP contribution in [0.3, 0.4) is 0 Å². The van der Waals surface area contributed by atoms with Crippen LogP contribution in [0, 0.1) is 0 Å². The quantitative estimate of drug-likeness (QED) is 0.789. The van der Waals surface area contributed by atoms with Gasteiger partial charge in [0.25, 0.3) is 0 Å². The van der Waals surface area contributed by atoms with E-state index in [9.17, 15) is 13.2 Å². The fourth-order valence-electron chi connectivity index (χ4n) is 1.50. The molecule has 8 heteroatoms. The molecule has 2 N–H and O–H groups in total. The molecule has 0 unspecified atom stereocenters. The molecule has 2 heterocycles. The van der Waals surface area contributed by atoms with Gasteiger partial charge < -0.3 is 5.11 Å². The van der Waals surface area contributed by atoms with Crippen molar-refractivity contribution in [3.05, 3.63) is 52.5 Å². The molecule has 2 aromatic heterocycles. The molecule has 0 radical (unpaired) electrons. The zero-order chi connectivity index (χ0) is 15.3. The van der Waals surface area contributed by atoms with Crippen molar-refractivity contribution >= 4 is 33.4 Å². The standard InChI is InChI=1S/C13H12N2O4S2/c16-13(17)4-3-10-6-12(9-14-7-10)21(18,19)15-8-11-2-1-5-20-11/h1-7,9,15H,8H2,(H,16,17). The topological polar surface area (TPSA) is 96.4 Å². The predicted molar refractivity (Wildman–Crippen MR) is 79.3 cm³/mol. The smallest absolute Gasteiger partial charge is 0.328 e. The van der Waals surface area contributed by atoms with E-state index in [4.69, 9.17) is 5.11 Å². The van der Waals surface area contributed by atoms with Gasteiger partial charge in [0.15, 0.2) is 0 Å². The average molecular weight is 324 g/mol. The Labute approximate surface area is 125 Å². The van der Waals surface area contributed by atoms with Gasteiger partial charge in [-0.1, -0.05) is 6.07 Å². The second-order valence-electron chi connectivity index (χ2n) is 4.03. The van der Waals surface area contributed by atoms with Crippen LogP contribution in [0.4, 0.5) is 0 Å². The second kappa shape index (κ2) is 6.61. The highest BCUT2D eigenvalue weighted by Gasteiger charge is 2.14. The Morgan fingerprint density at radius 1 is 1.43 bits per heavy atom. The van der Waals surface area contributed by atoms with Gasteiger partial charge in [0.1, 0.15) is 4.90 Å². The van der Waals surface area contributed by atoms with Gasteiger partial charge in [-0.25, -0.2) is 17.9 Å². The summed E-state index contributed by atoms with van der Waals surface area (Å²) >= 11 is 1.45. The van der Waals surface area contributed by atoms with E-state index in [1.54, 1.807) is 0 Å². The summed E-state index contributed by atoms with van der Waals surface area (Å²) in [4.78, 5) is 15.2. The number of carbonyl (C=O) groups is 1. The molecule has 0 aliphatic heterocycles. The van der Waals surface area contributed by atoms with Gasteiger partial charge in [-0.3, -0.25) is 4.98 Å². The first-order valence-electron chi connectivity index (χ1n) is 5.85. The van der Waals surface area contributed by atoms with Crippen molar-refractivity contribution in [2.24, 2.45) is 0 Å². The number of thiophene rings is 1. The Hall–Kier alpha value is -2.03. The SMILES string of the molecule is O=C(O)C=Cc1cncc(S(=O)(=O)NCc2cccs2)c1. The largest absolute Gasteiger partial charge is 0.478 e. The lowest BCUT2D eigenvalue weighted by Crippen LogP contribution is -2.23. The van der Waals surface area contributed by atoms with Crippen molar-refractivity contribution < 1.29 is 18.3 Å². The highest BCUT2D eigenvalue weighted by Crippen LogP contribution is 2.13. The normalized spacial score (nSPS) is 11.8. The molecule has 2 rings (SSSR count). The second-order valence-corrected chi connectivity index (χ2v) is 6.83. The minimum atomic E-state index is -3.68. The summed E-state index contributed by atoms with van der Waals surface area (Å²) < 4.78 is 26.7. The van der Waals surface area contributed by atoms with E-state index in [1.807, 2.05) is 17.5 Å². The Balaban J connectivity index is 2.16. The first kappa shape index (κ1) is 15.4. The van der Waals surface area contributed by atoms with Crippen molar-refractivity contribution in [3.63, 3.8) is 0 Å². The Morgan fingerprint density at radius 2 is 2.24 bits per heavy atom. The molecule has 0 saturated carbocycles. The van der Waals surface area contributed by atoms with Crippen LogP contribution in [-0.2, 0) is 21.4 Å². The first-order chi connectivity index (χ1) is 9.97. The molecule has 6 nitrogen and oxygen atoms in total. The molecule has 0 aliphatic rings. The Bertz CT molecular complexity index is 752. The molecule has 110 valence electrons. The van der Waals surface area contributed by atoms with Crippen molar-refractivity contribution in [1.82, 2.24) is 9.71 Å². The van der Waals surface area contributed by atoms with E-state index in [-0.39, 0.29) is 11.4 Å². The molecule has 0 amide bonds. The molecule has 0 saturated heterocycles. The predicted octanol–water partition coefficient (Wildman–Crippen LogP) is 1.72.